The fraction of sp³-hybridized carbons (Fsp3) is 0.394. The van der Waals surface area contributed by atoms with Crippen molar-refractivity contribution < 1.29 is 29.6 Å². The van der Waals surface area contributed by atoms with Gasteiger partial charge in [0.25, 0.3) is 0 Å². The number of carbonyl (C=O) groups excluding carboxylic acids is 1. The number of fused-ring (bicyclic) bond motifs is 1. The highest BCUT2D eigenvalue weighted by atomic mass is 16.6. The molecule has 0 radical (unpaired) electrons. The third-order valence-electron chi connectivity index (χ3n) is 7.54. The molecule has 206 valence electrons. The van der Waals surface area contributed by atoms with Crippen LogP contribution in [0.1, 0.15) is 113 Å². The molecule has 0 fully saturated rings. The van der Waals surface area contributed by atoms with Crippen LogP contribution in [-0.4, -0.2) is 27.3 Å². The molecule has 4 rings (SSSR count). The summed E-state index contributed by atoms with van der Waals surface area (Å²) in [5.41, 5.74) is 3.96. The van der Waals surface area contributed by atoms with Gasteiger partial charge in [-0.05, 0) is 84.3 Å². The van der Waals surface area contributed by atoms with Gasteiger partial charge in [0, 0.05) is 16.7 Å². The molecule has 0 saturated heterocycles. The number of aromatic carboxylic acids is 1. The summed E-state index contributed by atoms with van der Waals surface area (Å²) in [5.74, 6) is -1.18. The summed E-state index contributed by atoms with van der Waals surface area (Å²) in [6, 6.07) is 12.2. The number of aromatic hydroxyl groups is 2. The van der Waals surface area contributed by atoms with E-state index in [2.05, 4.69) is 0 Å². The van der Waals surface area contributed by atoms with E-state index in [0.29, 0.717) is 42.4 Å². The number of carbonyl (C=O) groups is 2. The van der Waals surface area contributed by atoms with E-state index in [0.717, 1.165) is 47.9 Å². The van der Waals surface area contributed by atoms with Crippen molar-refractivity contribution in [3.63, 3.8) is 0 Å². The van der Waals surface area contributed by atoms with Gasteiger partial charge in [-0.3, -0.25) is 0 Å². The Morgan fingerprint density at radius 1 is 0.718 bits per heavy atom. The molecule has 0 aromatic heterocycles. The Hall–Kier alpha value is -3.80. The average Bonchev–Trinajstić information content (AvgIpc) is 3.21. The van der Waals surface area contributed by atoms with Crippen LogP contribution in [0.3, 0.4) is 0 Å². The number of cyclic esters (lactones) is 1. The molecule has 3 N–H and O–H groups in total. The lowest BCUT2D eigenvalue weighted by Crippen LogP contribution is -2.30. The quantitative estimate of drug-likeness (QED) is 0.229. The highest BCUT2D eigenvalue weighted by Crippen LogP contribution is 2.50. The fourth-order valence-electron chi connectivity index (χ4n) is 5.76. The van der Waals surface area contributed by atoms with E-state index in [4.69, 9.17) is 4.74 Å². The normalized spacial score (nSPS) is 13.8. The third-order valence-corrected chi connectivity index (χ3v) is 7.54. The second kappa shape index (κ2) is 11.5. The summed E-state index contributed by atoms with van der Waals surface area (Å²) in [5, 5.41) is 31.8. The molecule has 0 atom stereocenters. The molecule has 6 heteroatoms. The van der Waals surface area contributed by atoms with Gasteiger partial charge in [-0.15, -0.1) is 0 Å². The van der Waals surface area contributed by atoms with E-state index in [-0.39, 0.29) is 22.6 Å². The van der Waals surface area contributed by atoms with E-state index in [9.17, 15) is 24.9 Å². The Morgan fingerprint density at radius 2 is 1.13 bits per heavy atom. The summed E-state index contributed by atoms with van der Waals surface area (Å²) in [7, 11) is 0. The summed E-state index contributed by atoms with van der Waals surface area (Å²) >= 11 is 0. The van der Waals surface area contributed by atoms with Gasteiger partial charge < -0.3 is 20.1 Å². The van der Waals surface area contributed by atoms with Crippen LogP contribution in [0, 0.1) is 0 Å². The summed E-state index contributed by atoms with van der Waals surface area (Å²) in [6.45, 7) is 8.20. The molecule has 6 nitrogen and oxygen atoms in total. The lowest BCUT2D eigenvalue weighted by molar-refractivity contribution is 0.0250. The molecule has 0 unspecified atom stereocenters. The van der Waals surface area contributed by atoms with Crippen molar-refractivity contribution in [2.24, 2.45) is 0 Å². The van der Waals surface area contributed by atoms with Gasteiger partial charge in [-0.1, -0.05) is 59.4 Å². The number of hydrogen-bond acceptors (Lipinski definition) is 5. The van der Waals surface area contributed by atoms with Gasteiger partial charge in [-0.2, -0.15) is 0 Å². The maximum atomic E-state index is 13.5. The SMILES string of the molecule is CCCc1cc(C2(c3cc(CCC)c(O)c(CCC)c3)OC(=O)c3cc(C(=O)O)ccc32)cc(CCC)c1O. The number of benzene rings is 3. The number of carboxylic acid groups (broad SMARTS) is 1. The molecule has 1 aliphatic rings. The highest BCUT2D eigenvalue weighted by Gasteiger charge is 2.49. The third kappa shape index (κ3) is 5.00. The van der Waals surface area contributed by atoms with E-state index in [1.54, 1.807) is 6.07 Å². The standard InChI is InChI=1S/C33H38O6/c1-5-9-20-15-25(16-21(10-6-2)29(20)34)33(26-17-22(11-7-3)30(35)23(18-26)12-8-4)28-14-13-24(31(36)37)19-27(28)32(38)39-33/h13-19,34-35H,5-12H2,1-4H3,(H,36,37). The van der Waals surface area contributed by atoms with E-state index < -0.39 is 17.5 Å². The minimum Gasteiger partial charge on any atom is -0.507 e. The summed E-state index contributed by atoms with van der Waals surface area (Å²) in [4.78, 5) is 25.2. The summed E-state index contributed by atoms with van der Waals surface area (Å²) in [6.07, 6.45) is 5.93. The molecule has 39 heavy (non-hydrogen) atoms. The van der Waals surface area contributed by atoms with E-state index in [1.165, 1.54) is 12.1 Å². The number of aryl methyl sites for hydroxylation is 4. The Kier molecular flexibility index (Phi) is 8.34. The molecule has 0 aliphatic carbocycles. The second-order valence-electron chi connectivity index (χ2n) is 10.4. The van der Waals surface area contributed by atoms with Crippen molar-refractivity contribution >= 4 is 11.9 Å². The van der Waals surface area contributed by atoms with Crippen LogP contribution < -0.4 is 0 Å². The largest absolute Gasteiger partial charge is 0.507 e. The maximum Gasteiger partial charge on any atom is 0.340 e. The monoisotopic (exact) mass is 530 g/mol. The van der Waals surface area contributed by atoms with Crippen molar-refractivity contribution in [1.82, 2.24) is 0 Å². The number of carboxylic acids is 1. The Bertz CT molecular complexity index is 1280. The predicted octanol–water partition coefficient (Wildman–Crippen LogP) is 7.07. The highest BCUT2D eigenvalue weighted by molar-refractivity contribution is 5.99. The molecule has 0 amide bonds. The predicted molar refractivity (Wildman–Crippen MR) is 151 cm³/mol. The van der Waals surface area contributed by atoms with Crippen molar-refractivity contribution in [3.8, 4) is 11.5 Å². The Balaban J connectivity index is 2.12. The summed E-state index contributed by atoms with van der Waals surface area (Å²) < 4.78 is 6.34. The van der Waals surface area contributed by atoms with Crippen LogP contribution >= 0.6 is 0 Å². The molecule has 1 heterocycles. The van der Waals surface area contributed by atoms with Crippen molar-refractivity contribution in [1.29, 1.82) is 0 Å². The lowest BCUT2D eigenvalue weighted by atomic mass is 9.76. The molecular weight excluding hydrogens is 492 g/mol. The molecule has 0 spiro atoms. The lowest BCUT2D eigenvalue weighted by Gasteiger charge is -2.32. The van der Waals surface area contributed by atoms with Crippen molar-refractivity contribution in [3.05, 3.63) is 92.5 Å². The van der Waals surface area contributed by atoms with Gasteiger partial charge in [0.05, 0.1) is 11.1 Å². The van der Waals surface area contributed by atoms with Gasteiger partial charge in [0.15, 0.2) is 5.60 Å². The molecular formula is C33H38O6. The minimum absolute atomic E-state index is 0.00889. The zero-order chi connectivity index (χ0) is 28.3. The Morgan fingerprint density at radius 3 is 1.49 bits per heavy atom. The van der Waals surface area contributed by atoms with Crippen molar-refractivity contribution in [2.75, 3.05) is 0 Å². The first-order chi connectivity index (χ1) is 18.7. The van der Waals surface area contributed by atoms with Gasteiger partial charge in [-0.25, -0.2) is 9.59 Å². The number of esters is 1. The second-order valence-corrected chi connectivity index (χ2v) is 10.4. The zero-order valence-electron chi connectivity index (χ0n) is 23.3. The van der Waals surface area contributed by atoms with Crippen LogP contribution in [0.5, 0.6) is 11.5 Å². The first-order valence-corrected chi connectivity index (χ1v) is 14.0. The fourth-order valence-corrected chi connectivity index (χ4v) is 5.76. The van der Waals surface area contributed by atoms with Crippen LogP contribution in [0.15, 0.2) is 42.5 Å². The van der Waals surface area contributed by atoms with Crippen LogP contribution in [0.4, 0.5) is 0 Å². The van der Waals surface area contributed by atoms with Crippen molar-refractivity contribution in [2.45, 2.75) is 84.7 Å². The average molecular weight is 531 g/mol. The molecule has 3 aromatic rings. The van der Waals surface area contributed by atoms with E-state index in [1.807, 2.05) is 52.0 Å². The first kappa shape index (κ1) is 28.2. The molecule has 0 bridgehead atoms. The van der Waals surface area contributed by atoms with Crippen LogP contribution in [-0.2, 0) is 36.0 Å². The smallest absolute Gasteiger partial charge is 0.340 e. The Labute approximate surface area is 230 Å². The minimum atomic E-state index is -1.36. The molecule has 0 saturated carbocycles. The molecule has 3 aromatic carbocycles. The van der Waals surface area contributed by atoms with Gasteiger partial charge in [0.2, 0.25) is 0 Å². The van der Waals surface area contributed by atoms with E-state index >= 15 is 0 Å². The molecule has 1 aliphatic heterocycles. The van der Waals surface area contributed by atoms with Crippen LogP contribution in [0.2, 0.25) is 0 Å². The van der Waals surface area contributed by atoms with Gasteiger partial charge >= 0.3 is 11.9 Å². The number of rotatable bonds is 11. The topological polar surface area (TPSA) is 104 Å². The number of phenolic OH excluding ortho intramolecular Hbond substituents is 2. The number of ether oxygens (including phenoxy) is 1. The zero-order valence-corrected chi connectivity index (χ0v) is 23.3. The van der Waals surface area contributed by atoms with Crippen LogP contribution in [0.25, 0.3) is 0 Å². The number of hydrogen-bond donors (Lipinski definition) is 3. The first-order valence-electron chi connectivity index (χ1n) is 14.0. The maximum absolute atomic E-state index is 13.5. The van der Waals surface area contributed by atoms with Gasteiger partial charge in [0.1, 0.15) is 11.5 Å². The number of phenols is 2.